The van der Waals surface area contributed by atoms with Gasteiger partial charge >= 0.3 is 0 Å². The molecule has 1 aliphatic rings. The van der Waals surface area contributed by atoms with E-state index in [9.17, 15) is 13.6 Å². The van der Waals surface area contributed by atoms with Crippen LogP contribution in [0.25, 0.3) is 11.1 Å². The largest absolute Gasteiger partial charge is 0.472 e. The number of nitrogens with zero attached hydrogens (tertiary/aromatic N) is 1. The lowest BCUT2D eigenvalue weighted by atomic mass is 9.96. The molecule has 1 amide bonds. The lowest BCUT2D eigenvalue weighted by Crippen LogP contribution is -2.40. The van der Waals surface area contributed by atoms with Crippen molar-refractivity contribution in [2.24, 2.45) is 5.92 Å². The van der Waals surface area contributed by atoms with Crippen LogP contribution in [0, 0.1) is 17.6 Å². The average Bonchev–Trinajstić information content (AvgIpc) is 3.26. The van der Waals surface area contributed by atoms with Crippen LogP contribution in [0.2, 0.25) is 0 Å². The highest BCUT2D eigenvalue weighted by molar-refractivity contribution is 5.93. The maximum atomic E-state index is 13.4. The monoisotopic (exact) mass is 396 g/mol. The smallest absolute Gasteiger partial charge is 0.228 e. The summed E-state index contributed by atoms with van der Waals surface area (Å²) in [6.45, 7) is 1.93. The van der Waals surface area contributed by atoms with Crippen molar-refractivity contribution < 1.29 is 18.0 Å². The van der Waals surface area contributed by atoms with E-state index in [1.165, 1.54) is 6.07 Å². The number of carbonyl (C=O) groups is 1. The number of hydrogen-bond donors (Lipinski definition) is 1. The second-order valence-corrected chi connectivity index (χ2v) is 7.40. The Morgan fingerprint density at radius 1 is 1.07 bits per heavy atom. The van der Waals surface area contributed by atoms with E-state index in [1.54, 1.807) is 18.6 Å². The molecule has 4 nitrogen and oxygen atoms in total. The van der Waals surface area contributed by atoms with Gasteiger partial charge in [-0.2, -0.15) is 0 Å². The number of anilines is 1. The molecule has 1 fully saturated rings. The normalized spacial score (nSPS) is 17.2. The predicted molar refractivity (Wildman–Crippen MR) is 107 cm³/mol. The number of hydrogen-bond acceptors (Lipinski definition) is 3. The lowest BCUT2D eigenvalue weighted by molar-refractivity contribution is -0.121. The van der Waals surface area contributed by atoms with Crippen LogP contribution < -0.4 is 5.32 Å². The quantitative estimate of drug-likeness (QED) is 0.655. The van der Waals surface area contributed by atoms with Gasteiger partial charge in [-0.05, 0) is 60.8 Å². The molecule has 1 saturated heterocycles. The van der Waals surface area contributed by atoms with E-state index in [0.29, 0.717) is 18.7 Å². The van der Waals surface area contributed by atoms with Crippen molar-refractivity contribution in [1.29, 1.82) is 0 Å². The number of likely N-dealkylation sites (tertiary alicyclic amines) is 1. The van der Waals surface area contributed by atoms with Crippen molar-refractivity contribution in [3.63, 3.8) is 0 Å². The first-order chi connectivity index (χ1) is 14.1. The van der Waals surface area contributed by atoms with E-state index >= 15 is 0 Å². The van der Waals surface area contributed by atoms with Crippen molar-refractivity contribution in [3.8, 4) is 11.1 Å². The first-order valence-electron chi connectivity index (χ1n) is 9.68. The molecule has 0 radical (unpaired) electrons. The fourth-order valence-electron chi connectivity index (χ4n) is 3.73. The maximum absolute atomic E-state index is 13.4. The molecular weight excluding hydrogens is 374 g/mol. The molecule has 2 heterocycles. The molecule has 1 atom stereocenters. The number of benzene rings is 2. The zero-order valence-electron chi connectivity index (χ0n) is 15.9. The summed E-state index contributed by atoms with van der Waals surface area (Å²) >= 11 is 0. The minimum atomic E-state index is -0.844. The highest BCUT2D eigenvalue weighted by Crippen LogP contribution is 2.24. The van der Waals surface area contributed by atoms with Gasteiger partial charge in [0.1, 0.15) is 0 Å². The predicted octanol–water partition coefficient (Wildman–Crippen LogP) is 5.08. The van der Waals surface area contributed by atoms with Gasteiger partial charge in [0.25, 0.3) is 0 Å². The maximum Gasteiger partial charge on any atom is 0.228 e. The Bertz CT molecular complexity index is 971. The number of furan rings is 1. The molecule has 3 aromatic rings. The molecule has 29 heavy (non-hydrogen) atoms. The number of rotatable bonds is 5. The van der Waals surface area contributed by atoms with Crippen LogP contribution in [0.15, 0.2) is 65.5 Å². The molecule has 1 aliphatic heterocycles. The molecule has 1 N–H and O–H groups in total. The third-order valence-corrected chi connectivity index (χ3v) is 5.27. The third kappa shape index (κ3) is 4.71. The summed E-state index contributed by atoms with van der Waals surface area (Å²) in [6, 6.07) is 13.5. The first kappa shape index (κ1) is 19.3. The summed E-state index contributed by atoms with van der Waals surface area (Å²) in [4.78, 5) is 14.8. The first-order valence-corrected chi connectivity index (χ1v) is 9.68. The van der Waals surface area contributed by atoms with Gasteiger partial charge < -0.3 is 9.73 Å². The third-order valence-electron chi connectivity index (χ3n) is 5.27. The van der Waals surface area contributed by atoms with Gasteiger partial charge in [-0.25, -0.2) is 8.78 Å². The molecule has 1 unspecified atom stereocenters. The zero-order chi connectivity index (χ0) is 20.2. The second kappa shape index (κ2) is 8.57. The van der Waals surface area contributed by atoms with E-state index < -0.39 is 11.6 Å². The van der Waals surface area contributed by atoms with Crippen LogP contribution in [0.3, 0.4) is 0 Å². The minimum absolute atomic E-state index is 0.0175. The Morgan fingerprint density at radius 2 is 1.90 bits per heavy atom. The second-order valence-electron chi connectivity index (χ2n) is 7.40. The van der Waals surface area contributed by atoms with Crippen LogP contribution in [0.4, 0.5) is 14.5 Å². The highest BCUT2D eigenvalue weighted by Gasteiger charge is 2.26. The Balaban J connectivity index is 1.35. The molecular formula is C23H22F2N2O2. The summed E-state index contributed by atoms with van der Waals surface area (Å²) in [5.74, 6) is -1.84. The number of halogens is 2. The summed E-state index contributed by atoms with van der Waals surface area (Å²) in [6.07, 6.45) is 5.01. The van der Waals surface area contributed by atoms with Crippen LogP contribution in [0.1, 0.15) is 18.4 Å². The Kier molecular flexibility index (Phi) is 5.71. The number of nitrogens with one attached hydrogen (secondary N) is 1. The van der Waals surface area contributed by atoms with Crippen LogP contribution in [-0.2, 0) is 11.3 Å². The Hall–Kier alpha value is -2.99. The van der Waals surface area contributed by atoms with E-state index in [2.05, 4.69) is 10.2 Å². The SMILES string of the molecule is O=C(Nc1ccc(-c2ccoc2)cc1)C1CCCN(Cc2ccc(F)c(F)c2)C1. The topological polar surface area (TPSA) is 45.5 Å². The molecule has 0 bridgehead atoms. The Morgan fingerprint density at radius 3 is 2.62 bits per heavy atom. The van der Waals surface area contributed by atoms with Gasteiger partial charge in [0.2, 0.25) is 5.91 Å². The van der Waals surface area contributed by atoms with Crippen molar-refractivity contribution in [2.75, 3.05) is 18.4 Å². The average molecular weight is 396 g/mol. The van der Waals surface area contributed by atoms with Crippen LogP contribution in [0.5, 0.6) is 0 Å². The van der Waals surface area contributed by atoms with Gasteiger partial charge in [-0.15, -0.1) is 0 Å². The summed E-state index contributed by atoms with van der Waals surface area (Å²) in [5.41, 5.74) is 3.47. The fraction of sp³-hybridized carbons (Fsp3) is 0.261. The zero-order valence-corrected chi connectivity index (χ0v) is 15.9. The van der Waals surface area contributed by atoms with E-state index in [-0.39, 0.29) is 11.8 Å². The minimum Gasteiger partial charge on any atom is -0.472 e. The molecule has 150 valence electrons. The molecule has 4 rings (SSSR count). The molecule has 6 heteroatoms. The van der Waals surface area contributed by atoms with Gasteiger partial charge in [-0.3, -0.25) is 9.69 Å². The summed E-state index contributed by atoms with van der Waals surface area (Å²) < 4.78 is 31.6. The number of carbonyl (C=O) groups excluding carboxylic acids is 1. The molecule has 0 aliphatic carbocycles. The van der Waals surface area contributed by atoms with Crippen molar-refractivity contribution in [3.05, 3.63) is 78.3 Å². The van der Waals surface area contributed by atoms with Gasteiger partial charge in [-0.1, -0.05) is 18.2 Å². The molecule has 0 spiro atoms. The summed E-state index contributed by atoms with van der Waals surface area (Å²) in [5, 5.41) is 2.99. The van der Waals surface area contributed by atoms with Crippen molar-refractivity contribution in [1.82, 2.24) is 4.90 Å². The van der Waals surface area contributed by atoms with Gasteiger partial charge in [0, 0.05) is 24.3 Å². The van der Waals surface area contributed by atoms with E-state index in [0.717, 1.165) is 42.3 Å². The van der Waals surface area contributed by atoms with Crippen LogP contribution in [-0.4, -0.2) is 23.9 Å². The Labute approximate surface area is 168 Å². The van der Waals surface area contributed by atoms with Crippen molar-refractivity contribution in [2.45, 2.75) is 19.4 Å². The highest BCUT2D eigenvalue weighted by atomic mass is 19.2. The van der Waals surface area contributed by atoms with E-state index in [4.69, 9.17) is 4.42 Å². The molecule has 1 aromatic heterocycles. The number of amides is 1. The standard InChI is InChI=1S/C23H22F2N2O2/c24-21-8-3-16(12-22(21)25)13-27-10-1-2-18(14-27)23(28)26-20-6-4-17(5-7-20)19-9-11-29-15-19/h3-9,11-12,15,18H,1-2,10,13-14H2,(H,26,28). The summed E-state index contributed by atoms with van der Waals surface area (Å²) in [7, 11) is 0. The van der Waals surface area contributed by atoms with Gasteiger partial charge in [0.05, 0.1) is 18.4 Å². The fourth-order valence-corrected chi connectivity index (χ4v) is 3.73. The van der Waals surface area contributed by atoms with Crippen molar-refractivity contribution >= 4 is 11.6 Å². The molecule has 2 aromatic carbocycles. The number of piperidine rings is 1. The van der Waals surface area contributed by atoms with E-state index in [1.807, 2.05) is 30.3 Å². The van der Waals surface area contributed by atoms with Crippen LogP contribution >= 0.6 is 0 Å². The lowest BCUT2D eigenvalue weighted by Gasteiger charge is -2.32. The van der Waals surface area contributed by atoms with Gasteiger partial charge in [0.15, 0.2) is 11.6 Å². The molecule has 0 saturated carbocycles.